The average molecular weight is 384 g/mol. The molecule has 0 spiro atoms. The van der Waals surface area contributed by atoms with Crippen molar-refractivity contribution >= 4 is 31.9 Å². The number of benzene rings is 1. The first-order valence-electron chi connectivity index (χ1n) is 5.77. The average Bonchev–Trinajstić information content (AvgIpc) is 2.39. The van der Waals surface area contributed by atoms with Gasteiger partial charge in [-0.25, -0.2) is 17.6 Å². The molecule has 1 rings (SSSR count). The molecule has 0 aliphatic heterocycles. The summed E-state index contributed by atoms with van der Waals surface area (Å²) in [5.41, 5.74) is -1.92. The number of hydrogen-bond acceptors (Lipinski definition) is 4. The molecule has 2 N–H and O–H groups in total. The molecule has 0 aliphatic carbocycles. The van der Waals surface area contributed by atoms with Crippen molar-refractivity contribution in [3.63, 3.8) is 0 Å². The highest BCUT2D eigenvalue weighted by Crippen LogP contribution is 2.29. The van der Waals surface area contributed by atoms with Crippen LogP contribution in [0.4, 0.5) is 4.39 Å². The van der Waals surface area contributed by atoms with Crippen LogP contribution in [-0.4, -0.2) is 48.1 Å². The molecule has 0 aromatic heterocycles. The van der Waals surface area contributed by atoms with Crippen LogP contribution in [0.25, 0.3) is 0 Å². The van der Waals surface area contributed by atoms with E-state index in [1.54, 1.807) is 0 Å². The molecule has 1 aromatic carbocycles. The summed E-state index contributed by atoms with van der Waals surface area (Å²) in [6.45, 7) is 2.43. The lowest BCUT2D eigenvalue weighted by Crippen LogP contribution is -2.47. The van der Waals surface area contributed by atoms with Gasteiger partial charge >= 0.3 is 5.97 Å². The van der Waals surface area contributed by atoms with Crippen LogP contribution in [0.2, 0.25) is 0 Å². The fourth-order valence-corrected chi connectivity index (χ4v) is 3.71. The van der Waals surface area contributed by atoms with Crippen LogP contribution in [0.1, 0.15) is 24.2 Å². The lowest BCUT2D eigenvalue weighted by molar-refractivity contribution is 0.0691. The number of likely N-dealkylation sites (N-methyl/N-ethyl adjacent to an activating group) is 1. The van der Waals surface area contributed by atoms with E-state index in [9.17, 15) is 22.7 Å². The first-order valence-corrected chi connectivity index (χ1v) is 8.00. The second-order valence-electron chi connectivity index (χ2n) is 5.01. The van der Waals surface area contributed by atoms with Crippen LogP contribution in [0, 0.1) is 5.82 Å². The monoisotopic (exact) mass is 383 g/mol. The molecule has 0 heterocycles. The zero-order valence-electron chi connectivity index (χ0n) is 11.6. The predicted molar refractivity (Wildman–Crippen MR) is 77.2 cm³/mol. The van der Waals surface area contributed by atoms with E-state index in [4.69, 9.17) is 5.11 Å². The van der Waals surface area contributed by atoms with Gasteiger partial charge in [-0.1, -0.05) is 15.9 Å². The molecule has 6 nitrogen and oxygen atoms in total. The Kier molecular flexibility index (Phi) is 5.14. The Labute approximate surface area is 130 Å². The van der Waals surface area contributed by atoms with Gasteiger partial charge in [-0.2, -0.15) is 4.31 Å². The lowest BCUT2D eigenvalue weighted by atomic mass is 10.1. The molecule has 1 aromatic rings. The molecular formula is C12H15BrFNO5S. The third kappa shape index (κ3) is 3.42. The van der Waals surface area contributed by atoms with E-state index in [1.807, 2.05) is 0 Å². The van der Waals surface area contributed by atoms with E-state index in [1.165, 1.54) is 20.9 Å². The van der Waals surface area contributed by atoms with Gasteiger partial charge in [-0.3, -0.25) is 0 Å². The van der Waals surface area contributed by atoms with Crippen molar-refractivity contribution in [2.24, 2.45) is 0 Å². The number of aliphatic hydroxyl groups excluding tert-OH is 1. The number of carboxylic acid groups (broad SMARTS) is 1. The van der Waals surface area contributed by atoms with Gasteiger partial charge in [0, 0.05) is 11.5 Å². The van der Waals surface area contributed by atoms with Gasteiger partial charge in [0.15, 0.2) is 5.82 Å². The molecule has 0 atom stereocenters. The summed E-state index contributed by atoms with van der Waals surface area (Å²) >= 11 is 2.96. The minimum Gasteiger partial charge on any atom is -0.478 e. The predicted octanol–water partition coefficient (Wildman–Crippen LogP) is 1.68. The molecular weight excluding hydrogens is 369 g/mol. The van der Waals surface area contributed by atoms with Crippen molar-refractivity contribution in [3.8, 4) is 0 Å². The van der Waals surface area contributed by atoms with Crippen LogP contribution in [0.3, 0.4) is 0 Å². The minimum absolute atomic E-state index is 0.120. The van der Waals surface area contributed by atoms with Crippen molar-refractivity contribution < 1.29 is 27.8 Å². The summed E-state index contributed by atoms with van der Waals surface area (Å²) in [5.74, 6) is -2.92. The maximum atomic E-state index is 14.2. The number of aliphatic hydroxyl groups is 1. The topological polar surface area (TPSA) is 94.9 Å². The van der Waals surface area contributed by atoms with Gasteiger partial charge in [0.05, 0.1) is 17.7 Å². The van der Waals surface area contributed by atoms with Crippen LogP contribution in [0.15, 0.2) is 21.5 Å². The summed E-state index contributed by atoms with van der Waals surface area (Å²) < 4.78 is 40.0. The Morgan fingerprint density at radius 1 is 1.43 bits per heavy atom. The number of nitrogens with zero attached hydrogens (tertiary/aromatic N) is 1. The molecule has 0 radical (unpaired) electrons. The summed E-state index contributed by atoms with van der Waals surface area (Å²) in [6, 6.07) is 1.97. The Hall–Kier alpha value is -1.03. The second-order valence-corrected chi connectivity index (χ2v) is 7.87. The third-order valence-corrected chi connectivity index (χ3v) is 5.64. The first kappa shape index (κ1) is 18.0. The number of rotatable bonds is 5. The van der Waals surface area contributed by atoms with Gasteiger partial charge in [0.25, 0.3) is 0 Å². The molecule has 0 aliphatic rings. The number of carboxylic acids is 1. The summed E-state index contributed by atoms with van der Waals surface area (Å²) in [4.78, 5) is 10.2. The number of halogens is 2. The van der Waals surface area contributed by atoms with E-state index in [-0.39, 0.29) is 4.47 Å². The highest BCUT2D eigenvalue weighted by atomic mass is 79.9. The van der Waals surface area contributed by atoms with Crippen molar-refractivity contribution in [3.05, 3.63) is 28.0 Å². The maximum Gasteiger partial charge on any atom is 0.338 e. The van der Waals surface area contributed by atoms with Gasteiger partial charge < -0.3 is 10.2 Å². The standard InChI is InChI=1S/C12H15BrFNO5S/c1-12(2,6-16)15(3)21(19,20)9-5-7(13)4-8(10(9)14)11(17)18/h4-5,16H,6H2,1-3H3,(H,17,18). The smallest absolute Gasteiger partial charge is 0.338 e. The molecule has 0 amide bonds. The quantitative estimate of drug-likeness (QED) is 0.806. The van der Waals surface area contributed by atoms with Crippen LogP contribution in [-0.2, 0) is 10.0 Å². The van der Waals surface area contributed by atoms with Crippen LogP contribution < -0.4 is 0 Å². The summed E-state index contributed by atoms with van der Waals surface area (Å²) in [6.07, 6.45) is 0. The number of aromatic carboxylic acids is 1. The Morgan fingerprint density at radius 2 is 1.95 bits per heavy atom. The molecule has 0 unspecified atom stereocenters. The minimum atomic E-state index is -4.31. The van der Waals surface area contributed by atoms with Crippen LogP contribution >= 0.6 is 15.9 Å². The summed E-state index contributed by atoms with van der Waals surface area (Å²) in [7, 11) is -3.13. The van der Waals surface area contributed by atoms with E-state index < -0.39 is 44.4 Å². The third-order valence-electron chi connectivity index (χ3n) is 3.11. The zero-order valence-corrected chi connectivity index (χ0v) is 14.0. The van der Waals surface area contributed by atoms with Crippen molar-refractivity contribution in [1.82, 2.24) is 4.31 Å². The Morgan fingerprint density at radius 3 is 2.38 bits per heavy atom. The highest BCUT2D eigenvalue weighted by molar-refractivity contribution is 9.10. The van der Waals surface area contributed by atoms with Crippen LogP contribution in [0.5, 0.6) is 0 Å². The Balaban J connectivity index is 3.57. The normalized spacial score (nSPS) is 12.7. The molecule has 0 saturated carbocycles. The van der Waals surface area contributed by atoms with Gasteiger partial charge in [-0.15, -0.1) is 0 Å². The Bertz CT molecular complexity index is 674. The lowest BCUT2D eigenvalue weighted by Gasteiger charge is -2.32. The van der Waals surface area contributed by atoms with E-state index >= 15 is 0 Å². The zero-order chi connectivity index (χ0) is 16.6. The van der Waals surface area contributed by atoms with E-state index in [2.05, 4.69) is 15.9 Å². The maximum absolute atomic E-state index is 14.2. The van der Waals surface area contributed by atoms with E-state index in [0.717, 1.165) is 16.4 Å². The highest BCUT2D eigenvalue weighted by Gasteiger charge is 2.36. The molecule has 21 heavy (non-hydrogen) atoms. The number of hydrogen-bond donors (Lipinski definition) is 2. The molecule has 0 bridgehead atoms. The fraction of sp³-hybridized carbons (Fsp3) is 0.417. The number of sulfonamides is 1. The van der Waals surface area contributed by atoms with Gasteiger partial charge in [0.2, 0.25) is 10.0 Å². The second kappa shape index (κ2) is 5.99. The van der Waals surface area contributed by atoms with Crippen molar-refractivity contribution in [2.45, 2.75) is 24.3 Å². The SMILES string of the molecule is CN(C(C)(C)CO)S(=O)(=O)c1cc(Br)cc(C(=O)O)c1F. The van der Waals surface area contributed by atoms with Gasteiger partial charge in [0.1, 0.15) is 4.90 Å². The van der Waals surface area contributed by atoms with Gasteiger partial charge in [-0.05, 0) is 26.0 Å². The molecule has 0 saturated heterocycles. The largest absolute Gasteiger partial charge is 0.478 e. The molecule has 9 heteroatoms. The molecule has 0 fully saturated rings. The fourth-order valence-electron chi connectivity index (χ4n) is 1.48. The van der Waals surface area contributed by atoms with Crippen molar-refractivity contribution in [1.29, 1.82) is 0 Å². The number of carbonyl (C=O) groups is 1. The summed E-state index contributed by atoms with van der Waals surface area (Å²) in [5, 5.41) is 18.2. The van der Waals surface area contributed by atoms with E-state index in [0.29, 0.717) is 0 Å². The first-order chi connectivity index (χ1) is 9.45. The molecule has 118 valence electrons. The van der Waals surface area contributed by atoms with Crippen molar-refractivity contribution in [2.75, 3.05) is 13.7 Å².